The molecule has 1 aliphatic rings. The highest BCUT2D eigenvalue weighted by atomic mass is 16.5. The molecule has 0 fully saturated rings. The summed E-state index contributed by atoms with van der Waals surface area (Å²) >= 11 is 0. The van der Waals surface area contributed by atoms with Gasteiger partial charge in [-0.25, -0.2) is 14.5 Å². The molecule has 0 bridgehead atoms. The molecule has 35 heavy (non-hydrogen) atoms. The average molecular weight is 473 g/mol. The molecule has 5 rings (SSSR count). The van der Waals surface area contributed by atoms with Gasteiger partial charge in [-0.1, -0.05) is 17.3 Å². The fourth-order valence-corrected chi connectivity index (χ4v) is 3.86. The van der Waals surface area contributed by atoms with E-state index in [1.165, 1.54) is 4.68 Å². The highest BCUT2D eigenvalue weighted by Gasteiger charge is 2.18. The van der Waals surface area contributed by atoms with Gasteiger partial charge in [0.25, 0.3) is 5.91 Å². The first-order chi connectivity index (χ1) is 17.1. The molecule has 1 aliphatic heterocycles. The summed E-state index contributed by atoms with van der Waals surface area (Å²) in [6.45, 7) is 4.18. The first-order valence-electron chi connectivity index (χ1n) is 11.2. The molecule has 0 saturated heterocycles. The maximum atomic E-state index is 13.1. The van der Waals surface area contributed by atoms with E-state index in [0.717, 1.165) is 11.5 Å². The third kappa shape index (κ3) is 4.66. The molecule has 0 unspecified atom stereocenters. The van der Waals surface area contributed by atoms with Crippen LogP contribution < -0.4 is 5.32 Å². The first-order valence-corrected chi connectivity index (χ1v) is 11.2. The first kappa shape index (κ1) is 22.4. The lowest BCUT2D eigenvalue weighted by molar-refractivity contribution is 0.0526. The molecule has 1 aromatic carbocycles. The zero-order valence-corrected chi connectivity index (χ0v) is 19.0. The summed E-state index contributed by atoms with van der Waals surface area (Å²) in [6.07, 6.45) is 6.55. The van der Waals surface area contributed by atoms with Crippen molar-refractivity contribution >= 4 is 11.9 Å². The molecular weight excluding hydrogens is 450 g/mol. The van der Waals surface area contributed by atoms with E-state index in [1.807, 2.05) is 6.07 Å². The lowest BCUT2D eigenvalue weighted by Crippen LogP contribution is -2.27. The molecule has 3 aromatic heterocycles. The highest BCUT2D eigenvalue weighted by molar-refractivity contribution is 5.97. The van der Waals surface area contributed by atoms with Gasteiger partial charge in [-0.15, -0.1) is 5.10 Å². The van der Waals surface area contributed by atoms with Crippen molar-refractivity contribution in [1.82, 2.24) is 34.8 Å². The number of hydrogen-bond acceptors (Lipinski definition) is 8. The van der Waals surface area contributed by atoms with E-state index in [9.17, 15) is 9.59 Å². The number of carbonyl (C=O) groups is 2. The minimum atomic E-state index is -0.403. The Balaban J connectivity index is 1.35. The molecule has 0 saturated carbocycles. The summed E-state index contributed by atoms with van der Waals surface area (Å²) in [7, 11) is 0. The van der Waals surface area contributed by atoms with Crippen molar-refractivity contribution in [3.05, 3.63) is 77.8 Å². The van der Waals surface area contributed by atoms with Crippen LogP contribution in [0.3, 0.4) is 0 Å². The van der Waals surface area contributed by atoms with Crippen molar-refractivity contribution < 1.29 is 19.1 Å². The Morgan fingerprint density at radius 2 is 2.14 bits per heavy atom. The molecule has 11 heteroatoms. The number of aromatic nitrogens is 6. The minimum Gasteiger partial charge on any atom is -0.462 e. The van der Waals surface area contributed by atoms with Gasteiger partial charge >= 0.3 is 5.97 Å². The van der Waals surface area contributed by atoms with Crippen molar-refractivity contribution in [3.63, 3.8) is 0 Å². The Morgan fingerprint density at radius 1 is 1.23 bits per heavy atom. The zero-order chi connectivity index (χ0) is 24.2. The summed E-state index contributed by atoms with van der Waals surface area (Å²) in [4.78, 5) is 33.6. The topological polar surface area (TPSA) is 126 Å². The molecule has 178 valence electrons. The maximum absolute atomic E-state index is 13.1. The summed E-state index contributed by atoms with van der Waals surface area (Å²) in [5.74, 6) is 0.179. The van der Waals surface area contributed by atoms with Gasteiger partial charge in [0, 0.05) is 18.3 Å². The number of nitrogens with zero attached hydrogens (tertiary/aromatic N) is 6. The zero-order valence-electron chi connectivity index (χ0n) is 19.0. The number of benzene rings is 1. The standard InChI is InChI=1S/C24H23N7O4/c1-2-35-24(33)17-5-3-4-16(10-17)20-14-31(29-28-20)21-13-25-7-6-19(21)23(32)27-12-18-11-26-22-15-34-9-8-30(18)22/h3-7,10-11,13-14H,2,8-9,12,15H2,1H3,(H,27,32). The van der Waals surface area contributed by atoms with Gasteiger partial charge in [-0.3, -0.25) is 9.78 Å². The predicted octanol–water partition coefficient (Wildman–Crippen LogP) is 2.16. The lowest BCUT2D eigenvalue weighted by Gasteiger charge is -2.17. The van der Waals surface area contributed by atoms with E-state index in [2.05, 4.69) is 30.2 Å². The Morgan fingerprint density at radius 3 is 3.03 bits per heavy atom. The van der Waals surface area contributed by atoms with Gasteiger partial charge in [0.2, 0.25) is 0 Å². The molecule has 0 aliphatic carbocycles. The van der Waals surface area contributed by atoms with Crippen molar-refractivity contribution in [3.8, 4) is 16.9 Å². The van der Waals surface area contributed by atoms with Crippen LogP contribution in [0.1, 0.15) is 39.2 Å². The molecule has 1 amide bonds. The van der Waals surface area contributed by atoms with E-state index < -0.39 is 5.97 Å². The number of fused-ring (bicyclic) bond motifs is 1. The monoisotopic (exact) mass is 473 g/mol. The molecule has 11 nitrogen and oxygen atoms in total. The number of amides is 1. The van der Waals surface area contributed by atoms with Crippen molar-refractivity contribution in [2.45, 2.75) is 26.6 Å². The van der Waals surface area contributed by atoms with E-state index in [4.69, 9.17) is 9.47 Å². The fraction of sp³-hybridized carbons (Fsp3) is 0.250. The summed E-state index contributed by atoms with van der Waals surface area (Å²) in [5, 5.41) is 11.4. The molecule has 4 heterocycles. The second kappa shape index (κ2) is 9.85. The fourth-order valence-electron chi connectivity index (χ4n) is 3.86. The number of esters is 1. The van der Waals surface area contributed by atoms with Crippen molar-refractivity contribution in [2.24, 2.45) is 0 Å². The second-order valence-electron chi connectivity index (χ2n) is 7.80. The predicted molar refractivity (Wildman–Crippen MR) is 124 cm³/mol. The third-order valence-corrected chi connectivity index (χ3v) is 5.60. The number of hydrogen-bond donors (Lipinski definition) is 1. The normalized spacial score (nSPS) is 12.7. The van der Waals surface area contributed by atoms with Crippen LogP contribution in [0.4, 0.5) is 0 Å². The number of ether oxygens (including phenoxy) is 2. The van der Waals surface area contributed by atoms with Crippen LogP contribution in [-0.2, 0) is 29.2 Å². The van der Waals surface area contributed by atoms with Crippen LogP contribution in [0.15, 0.2) is 55.1 Å². The number of carbonyl (C=O) groups excluding carboxylic acids is 2. The van der Waals surface area contributed by atoms with Gasteiger partial charge in [0.1, 0.15) is 18.1 Å². The lowest BCUT2D eigenvalue weighted by atomic mass is 10.1. The Kier molecular flexibility index (Phi) is 6.31. The summed E-state index contributed by atoms with van der Waals surface area (Å²) in [5.41, 5.74) is 3.46. The van der Waals surface area contributed by atoms with Crippen LogP contribution in [0.2, 0.25) is 0 Å². The Bertz CT molecular complexity index is 1380. The Labute approximate surface area is 200 Å². The van der Waals surface area contributed by atoms with Gasteiger partial charge in [-0.05, 0) is 25.1 Å². The third-order valence-electron chi connectivity index (χ3n) is 5.60. The van der Waals surface area contributed by atoms with Crippen LogP contribution in [-0.4, -0.2) is 54.6 Å². The smallest absolute Gasteiger partial charge is 0.338 e. The Hall–Kier alpha value is -4.38. The molecular formula is C24H23N7O4. The molecule has 0 radical (unpaired) electrons. The van der Waals surface area contributed by atoms with Crippen molar-refractivity contribution in [1.29, 1.82) is 0 Å². The number of nitrogens with one attached hydrogen (secondary N) is 1. The number of imidazole rings is 1. The van der Waals surface area contributed by atoms with Gasteiger partial charge in [-0.2, -0.15) is 0 Å². The van der Waals surface area contributed by atoms with Gasteiger partial charge in [0.05, 0.1) is 60.9 Å². The molecule has 0 spiro atoms. The summed E-state index contributed by atoms with van der Waals surface area (Å²) in [6, 6.07) is 8.59. The summed E-state index contributed by atoms with van der Waals surface area (Å²) < 4.78 is 14.0. The van der Waals surface area contributed by atoms with Crippen LogP contribution in [0.25, 0.3) is 16.9 Å². The van der Waals surface area contributed by atoms with Crippen LogP contribution >= 0.6 is 0 Å². The van der Waals surface area contributed by atoms with Gasteiger partial charge < -0.3 is 19.4 Å². The van der Waals surface area contributed by atoms with Crippen molar-refractivity contribution in [2.75, 3.05) is 13.2 Å². The SMILES string of the molecule is CCOC(=O)c1cccc(-c2cn(-c3cnccc3C(=O)NCc3cnc4n3CCOC4)nn2)c1. The van der Waals surface area contributed by atoms with Crippen LogP contribution in [0, 0.1) is 0 Å². The average Bonchev–Trinajstić information content (AvgIpc) is 3.55. The largest absolute Gasteiger partial charge is 0.462 e. The quantitative estimate of drug-likeness (QED) is 0.405. The molecule has 4 aromatic rings. The number of pyridine rings is 1. The minimum absolute atomic E-state index is 0.272. The number of rotatable bonds is 7. The molecule has 1 N–H and O–H groups in total. The van der Waals surface area contributed by atoms with Gasteiger partial charge in [0.15, 0.2) is 0 Å². The maximum Gasteiger partial charge on any atom is 0.338 e. The molecule has 0 atom stereocenters. The highest BCUT2D eigenvalue weighted by Crippen LogP contribution is 2.21. The van der Waals surface area contributed by atoms with E-state index >= 15 is 0 Å². The van der Waals surface area contributed by atoms with Crippen LogP contribution in [0.5, 0.6) is 0 Å². The second-order valence-corrected chi connectivity index (χ2v) is 7.80. The van der Waals surface area contributed by atoms with E-state index in [1.54, 1.807) is 56.0 Å². The van der Waals surface area contributed by atoms with E-state index in [-0.39, 0.29) is 5.91 Å². The van der Waals surface area contributed by atoms with E-state index in [0.29, 0.717) is 61.0 Å².